The van der Waals surface area contributed by atoms with Crippen molar-refractivity contribution in [2.24, 2.45) is 0 Å². The zero-order valence-corrected chi connectivity index (χ0v) is 11.8. The zero-order chi connectivity index (χ0) is 13.4. The van der Waals surface area contributed by atoms with E-state index in [1.54, 1.807) is 0 Å². The maximum absolute atomic E-state index is 5.82. The second-order valence-corrected chi connectivity index (χ2v) is 5.11. The van der Waals surface area contributed by atoms with Gasteiger partial charge in [0.2, 0.25) is 0 Å². The first-order chi connectivity index (χ1) is 8.59. The topological polar surface area (TPSA) is 21.3 Å². The summed E-state index contributed by atoms with van der Waals surface area (Å²) in [7, 11) is 0. The quantitative estimate of drug-likeness (QED) is 0.560. The Balaban J connectivity index is 2.42. The molecule has 2 heteroatoms. The molecule has 0 fully saturated rings. The third-order valence-corrected chi connectivity index (χ3v) is 3.18. The van der Waals surface area contributed by atoms with Gasteiger partial charge in [0.1, 0.15) is 12.4 Å². The molecule has 18 heavy (non-hydrogen) atoms. The Bertz CT molecular complexity index is 371. The minimum atomic E-state index is 0.185. The summed E-state index contributed by atoms with van der Waals surface area (Å²) in [5, 5.41) is 3.49. The third-order valence-electron chi connectivity index (χ3n) is 3.18. The minimum absolute atomic E-state index is 0.185. The molecule has 0 amide bonds. The van der Waals surface area contributed by atoms with E-state index in [2.05, 4.69) is 38.7 Å². The largest absolute Gasteiger partial charge is 0.492 e. The molecule has 1 N–H and O–H groups in total. The minimum Gasteiger partial charge on any atom is -0.492 e. The average Bonchev–Trinajstić information content (AvgIpc) is 2.37. The Labute approximate surface area is 111 Å². The van der Waals surface area contributed by atoms with Gasteiger partial charge in [0.25, 0.3) is 0 Å². The lowest BCUT2D eigenvalue weighted by Gasteiger charge is -2.24. The van der Waals surface area contributed by atoms with Crippen molar-refractivity contribution in [1.82, 2.24) is 5.32 Å². The van der Waals surface area contributed by atoms with Crippen molar-refractivity contribution in [1.29, 1.82) is 0 Å². The molecule has 0 radical (unpaired) electrons. The first kappa shape index (κ1) is 14.8. The van der Waals surface area contributed by atoms with Crippen molar-refractivity contribution in [3.05, 3.63) is 42.5 Å². The molecule has 0 spiro atoms. The molecule has 1 rings (SSSR count). The summed E-state index contributed by atoms with van der Waals surface area (Å²) in [6, 6.07) is 8.14. The van der Waals surface area contributed by atoms with Crippen LogP contribution in [0.4, 0.5) is 0 Å². The number of para-hydroxylation sites is 1. The van der Waals surface area contributed by atoms with E-state index >= 15 is 0 Å². The van der Waals surface area contributed by atoms with Gasteiger partial charge in [-0.15, -0.1) is 6.58 Å². The molecule has 0 aliphatic heterocycles. The molecule has 0 aliphatic rings. The maximum atomic E-state index is 5.82. The van der Waals surface area contributed by atoms with E-state index in [4.69, 9.17) is 4.74 Å². The fourth-order valence-electron chi connectivity index (χ4n) is 1.64. The normalized spacial score (nSPS) is 11.3. The van der Waals surface area contributed by atoms with Crippen molar-refractivity contribution in [2.45, 2.75) is 39.2 Å². The Morgan fingerprint density at radius 2 is 2.06 bits per heavy atom. The van der Waals surface area contributed by atoms with Gasteiger partial charge in [-0.25, -0.2) is 0 Å². The van der Waals surface area contributed by atoms with Crippen LogP contribution in [-0.2, 0) is 6.42 Å². The number of hydrogen-bond donors (Lipinski definition) is 1. The van der Waals surface area contributed by atoms with E-state index in [-0.39, 0.29) is 5.54 Å². The second kappa shape index (κ2) is 7.22. The Kier molecular flexibility index (Phi) is 5.93. The first-order valence-electron chi connectivity index (χ1n) is 6.65. The van der Waals surface area contributed by atoms with Crippen LogP contribution in [0.5, 0.6) is 5.75 Å². The Morgan fingerprint density at radius 1 is 1.33 bits per heavy atom. The molecule has 2 nitrogen and oxygen atoms in total. The molecule has 1 aromatic rings. The lowest BCUT2D eigenvalue weighted by atomic mass is 10.0. The van der Waals surface area contributed by atoms with Gasteiger partial charge in [0, 0.05) is 12.1 Å². The highest BCUT2D eigenvalue weighted by Crippen LogP contribution is 2.18. The average molecular weight is 247 g/mol. The summed E-state index contributed by atoms with van der Waals surface area (Å²) in [5.41, 5.74) is 1.38. The molecule has 0 heterocycles. The standard InChI is InChI=1S/C16H25NO/c1-5-9-14-10-7-8-11-15(14)18-13-12-17-16(3,4)6-2/h5,7-8,10-11,17H,1,6,9,12-13H2,2-4H3. The van der Waals surface area contributed by atoms with Crippen LogP contribution in [0, 0.1) is 0 Å². The van der Waals surface area contributed by atoms with Crippen molar-refractivity contribution in [2.75, 3.05) is 13.2 Å². The summed E-state index contributed by atoms with van der Waals surface area (Å²) in [6.45, 7) is 11.9. The number of rotatable bonds is 8. The fraction of sp³-hybridized carbons (Fsp3) is 0.500. The van der Waals surface area contributed by atoms with Gasteiger partial charge in [-0.1, -0.05) is 31.2 Å². The molecule has 0 unspecified atom stereocenters. The maximum Gasteiger partial charge on any atom is 0.122 e. The highest BCUT2D eigenvalue weighted by Gasteiger charge is 2.12. The third kappa shape index (κ3) is 4.92. The molecule has 0 atom stereocenters. The summed E-state index contributed by atoms with van der Waals surface area (Å²) >= 11 is 0. The molecule has 100 valence electrons. The summed E-state index contributed by atoms with van der Waals surface area (Å²) in [6.07, 6.45) is 3.87. The van der Waals surface area contributed by atoms with Crippen LogP contribution in [0.1, 0.15) is 32.8 Å². The lowest BCUT2D eigenvalue weighted by molar-refractivity contribution is 0.279. The molecule has 1 aromatic carbocycles. The van der Waals surface area contributed by atoms with E-state index in [9.17, 15) is 0 Å². The number of hydrogen-bond acceptors (Lipinski definition) is 2. The number of allylic oxidation sites excluding steroid dienone is 1. The molecule has 0 saturated carbocycles. The van der Waals surface area contributed by atoms with Crippen molar-refractivity contribution >= 4 is 0 Å². The zero-order valence-electron chi connectivity index (χ0n) is 11.8. The van der Waals surface area contributed by atoms with Crippen molar-refractivity contribution in [3.8, 4) is 5.75 Å². The smallest absolute Gasteiger partial charge is 0.122 e. The van der Waals surface area contributed by atoms with Gasteiger partial charge in [0.15, 0.2) is 0 Å². The van der Waals surface area contributed by atoms with Crippen LogP contribution in [0.15, 0.2) is 36.9 Å². The van der Waals surface area contributed by atoms with E-state index in [1.165, 1.54) is 5.56 Å². The summed E-state index contributed by atoms with van der Waals surface area (Å²) in [4.78, 5) is 0. The van der Waals surface area contributed by atoms with Crippen LogP contribution < -0.4 is 10.1 Å². The highest BCUT2D eigenvalue weighted by molar-refractivity contribution is 5.34. The van der Waals surface area contributed by atoms with E-state index in [1.807, 2.05) is 24.3 Å². The van der Waals surface area contributed by atoms with E-state index in [0.29, 0.717) is 6.61 Å². The highest BCUT2D eigenvalue weighted by atomic mass is 16.5. The van der Waals surface area contributed by atoms with E-state index < -0.39 is 0 Å². The van der Waals surface area contributed by atoms with E-state index in [0.717, 1.165) is 25.1 Å². The molecule has 0 aliphatic carbocycles. The Hall–Kier alpha value is -1.28. The van der Waals surface area contributed by atoms with Gasteiger partial charge in [-0.05, 0) is 38.3 Å². The predicted molar refractivity (Wildman–Crippen MR) is 78.2 cm³/mol. The van der Waals surface area contributed by atoms with Crippen molar-refractivity contribution in [3.63, 3.8) is 0 Å². The van der Waals surface area contributed by atoms with Crippen LogP contribution in [0.25, 0.3) is 0 Å². The lowest BCUT2D eigenvalue weighted by Crippen LogP contribution is -2.40. The first-order valence-corrected chi connectivity index (χ1v) is 6.65. The van der Waals surface area contributed by atoms with Crippen LogP contribution >= 0.6 is 0 Å². The second-order valence-electron chi connectivity index (χ2n) is 5.11. The van der Waals surface area contributed by atoms with Gasteiger partial charge >= 0.3 is 0 Å². The van der Waals surface area contributed by atoms with Gasteiger partial charge in [-0.3, -0.25) is 0 Å². The van der Waals surface area contributed by atoms with Gasteiger partial charge in [0.05, 0.1) is 0 Å². The molecule has 0 aromatic heterocycles. The fourth-order valence-corrected chi connectivity index (χ4v) is 1.64. The monoisotopic (exact) mass is 247 g/mol. The predicted octanol–water partition coefficient (Wildman–Crippen LogP) is 3.57. The Morgan fingerprint density at radius 3 is 2.72 bits per heavy atom. The number of nitrogens with one attached hydrogen (secondary N) is 1. The molecule has 0 saturated heterocycles. The van der Waals surface area contributed by atoms with Gasteiger partial charge < -0.3 is 10.1 Å². The van der Waals surface area contributed by atoms with Crippen LogP contribution in [0.3, 0.4) is 0 Å². The number of benzene rings is 1. The molecular weight excluding hydrogens is 222 g/mol. The summed E-state index contributed by atoms with van der Waals surface area (Å²) < 4.78 is 5.82. The van der Waals surface area contributed by atoms with Gasteiger partial charge in [-0.2, -0.15) is 0 Å². The molecular formula is C16H25NO. The van der Waals surface area contributed by atoms with Crippen LogP contribution in [0.2, 0.25) is 0 Å². The number of ether oxygens (including phenoxy) is 1. The molecule has 0 bridgehead atoms. The van der Waals surface area contributed by atoms with Crippen LogP contribution in [-0.4, -0.2) is 18.7 Å². The SMILES string of the molecule is C=CCc1ccccc1OCCNC(C)(C)CC. The summed E-state index contributed by atoms with van der Waals surface area (Å²) in [5.74, 6) is 0.966. The van der Waals surface area contributed by atoms with Crippen molar-refractivity contribution < 1.29 is 4.74 Å².